The van der Waals surface area contributed by atoms with Crippen molar-refractivity contribution in [2.75, 3.05) is 5.32 Å². The highest BCUT2D eigenvalue weighted by molar-refractivity contribution is 14.1. The first kappa shape index (κ1) is 13.9. The van der Waals surface area contributed by atoms with E-state index >= 15 is 0 Å². The van der Waals surface area contributed by atoms with E-state index in [1.807, 2.05) is 61.5 Å². The van der Waals surface area contributed by atoms with Gasteiger partial charge in [0.25, 0.3) is 0 Å². The number of nitrogens with one attached hydrogen (secondary N) is 2. The van der Waals surface area contributed by atoms with Gasteiger partial charge < -0.3 is 10.6 Å². The third kappa shape index (κ3) is 3.96. The molecule has 4 heteroatoms. The van der Waals surface area contributed by atoms with Crippen LogP contribution in [0.4, 0.5) is 10.5 Å². The molecule has 2 aromatic carbocycles. The number of benzene rings is 2. The van der Waals surface area contributed by atoms with Crippen LogP contribution in [0.15, 0.2) is 54.6 Å². The second-order valence-corrected chi connectivity index (χ2v) is 5.37. The summed E-state index contributed by atoms with van der Waals surface area (Å²) in [5.74, 6) is 0. The normalized spacial score (nSPS) is 11.7. The van der Waals surface area contributed by atoms with Crippen LogP contribution in [0.25, 0.3) is 0 Å². The number of carbonyl (C=O) groups is 1. The minimum atomic E-state index is -0.194. The number of amides is 2. The highest BCUT2D eigenvalue weighted by Gasteiger charge is 2.09. The summed E-state index contributed by atoms with van der Waals surface area (Å²) in [5.41, 5.74) is 1.90. The Morgan fingerprint density at radius 1 is 1.05 bits per heavy atom. The van der Waals surface area contributed by atoms with Gasteiger partial charge in [-0.05, 0) is 47.2 Å². The predicted octanol–water partition coefficient (Wildman–Crippen LogP) is 4.17. The number of urea groups is 1. The minimum Gasteiger partial charge on any atom is -0.331 e. The van der Waals surface area contributed by atoms with Crippen molar-refractivity contribution >= 4 is 34.3 Å². The molecule has 0 fully saturated rings. The van der Waals surface area contributed by atoms with Gasteiger partial charge in [0.1, 0.15) is 0 Å². The van der Waals surface area contributed by atoms with E-state index in [-0.39, 0.29) is 12.1 Å². The monoisotopic (exact) mass is 366 g/mol. The van der Waals surface area contributed by atoms with E-state index < -0.39 is 0 Å². The van der Waals surface area contributed by atoms with Crippen LogP contribution in [-0.4, -0.2) is 6.03 Å². The van der Waals surface area contributed by atoms with Crippen LogP contribution in [0.1, 0.15) is 18.5 Å². The van der Waals surface area contributed by atoms with Crippen LogP contribution >= 0.6 is 22.6 Å². The van der Waals surface area contributed by atoms with Crippen LogP contribution in [0.2, 0.25) is 0 Å². The Morgan fingerprint density at radius 3 is 2.37 bits per heavy atom. The Balaban J connectivity index is 1.97. The van der Waals surface area contributed by atoms with E-state index in [2.05, 4.69) is 33.2 Å². The van der Waals surface area contributed by atoms with Crippen molar-refractivity contribution < 1.29 is 4.79 Å². The van der Waals surface area contributed by atoms with Crippen LogP contribution < -0.4 is 10.6 Å². The fourth-order valence-electron chi connectivity index (χ4n) is 1.74. The zero-order valence-corrected chi connectivity index (χ0v) is 12.7. The Morgan fingerprint density at radius 2 is 1.68 bits per heavy atom. The van der Waals surface area contributed by atoms with Gasteiger partial charge in [0.2, 0.25) is 0 Å². The molecule has 0 aromatic heterocycles. The molecule has 0 saturated carbocycles. The SMILES string of the molecule is C[C@@H](NC(=O)Nc1ccccc1I)c1ccccc1. The minimum absolute atomic E-state index is 0.0254. The lowest BCUT2D eigenvalue weighted by atomic mass is 10.1. The third-order valence-corrected chi connectivity index (χ3v) is 3.71. The number of halogens is 1. The van der Waals surface area contributed by atoms with Crippen molar-refractivity contribution in [1.82, 2.24) is 5.32 Å². The highest BCUT2D eigenvalue weighted by Crippen LogP contribution is 2.17. The molecule has 0 unspecified atom stereocenters. The van der Waals surface area contributed by atoms with Gasteiger partial charge >= 0.3 is 6.03 Å². The Bertz CT molecular complexity index is 557. The Kier molecular flexibility index (Phi) is 4.79. The van der Waals surface area contributed by atoms with Gasteiger partial charge in [-0.1, -0.05) is 42.5 Å². The maximum atomic E-state index is 11.9. The van der Waals surface area contributed by atoms with Gasteiger partial charge in [-0.3, -0.25) is 0 Å². The molecule has 0 aliphatic heterocycles. The fourth-order valence-corrected chi connectivity index (χ4v) is 2.26. The molecule has 0 aliphatic carbocycles. The highest BCUT2D eigenvalue weighted by atomic mass is 127. The lowest BCUT2D eigenvalue weighted by molar-refractivity contribution is 0.249. The summed E-state index contributed by atoms with van der Waals surface area (Å²) in [5, 5.41) is 5.77. The molecule has 0 saturated heterocycles. The summed E-state index contributed by atoms with van der Waals surface area (Å²) in [6.07, 6.45) is 0. The second-order valence-electron chi connectivity index (χ2n) is 4.21. The predicted molar refractivity (Wildman–Crippen MR) is 86.2 cm³/mol. The van der Waals surface area contributed by atoms with Crippen molar-refractivity contribution in [2.24, 2.45) is 0 Å². The largest absolute Gasteiger partial charge is 0.331 e. The number of carbonyl (C=O) groups excluding carboxylic acids is 1. The van der Waals surface area contributed by atoms with Crippen molar-refractivity contribution in [1.29, 1.82) is 0 Å². The standard InChI is InChI=1S/C15H15IN2O/c1-11(12-7-3-2-4-8-12)17-15(19)18-14-10-6-5-9-13(14)16/h2-11H,1H3,(H2,17,18,19)/t11-/m1/s1. The number of anilines is 1. The average molecular weight is 366 g/mol. The molecule has 2 N–H and O–H groups in total. The van der Waals surface area contributed by atoms with Gasteiger partial charge in [0.15, 0.2) is 0 Å². The number of hydrogen-bond donors (Lipinski definition) is 2. The van der Waals surface area contributed by atoms with Crippen LogP contribution in [-0.2, 0) is 0 Å². The molecule has 0 aliphatic rings. The van der Waals surface area contributed by atoms with E-state index in [0.717, 1.165) is 14.8 Å². The molecule has 0 spiro atoms. The molecule has 0 bridgehead atoms. The van der Waals surface area contributed by atoms with Crippen molar-refractivity contribution in [3.8, 4) is 0 Å². The van der Waals surface area contributed by atoms with E-state index in [1.165, 1.54) is 0 Å². The average Bonchev–Trinajstić information content (AvgIpc) is 2.42. The summed E-state index contributed by atoms with van der Waals surface area (Å²) in [6.45, 7) is 1.96. The first-order chi connectivity index (χ1) is 9.16. The summed E-state index contributed by atoms with van der Waals surface area (Å²) in [4.78, 5) is 11.9. The maximum Gasteiger partial charge on any atom is 0.319 e. The number of rotatable bonds is 3. The fraction of sp³-hybridized carbons (Fsp3) is 0.133. The molecular formula is C15H15IN2O. The smallest absolute Gasteiger partial charge is 0.319 e. The summed E-state index contributed by atoms with van der Waals surface area (Å²) >= 11 is 2.20. The topological polar surface area (TPSA) is 41.1 Å². The number of para-hydroxylation sites is 1. The third-order valence-electron chi connectivity index (χ3n) is 2.77. The van der Waals surface area contributed by atoms with E-state index in [1.54, 1.807) is 0 Å². The van der Waals surface area contributed by atoms with E-state index in [0.29, 0.717) is 0 Å². The van der Waals surface area contributed by atoms with E-state index in [9.17, 15) is 4.79 Å². The maximum absolute atomic E-state index is 11.9. The van der Waals surface area contributed by atoms with Crippen LogP contribution in [0.5, 0.6) is 0 Å². The molecule has 1 atom stereocenters. The zero-order valence-electron chi connectivity index (χ0n) is 10.6. The molecule has 98 valence electrons. The molecule has 2 amide bonds. The molecule has 19 heavy (non-hydrogen) atoms. The van der Waals surface area contributed by atoms with Gasteiger partial charge in [-0.15, -0.1) is 0 Å². The molecule has 0 heterocycles. The van der Waals surface area contributed by atoms with Gasteiger partial charge in [-0.2, -0.15) is 0 Å². The summed E-state index contributed by atoms with van der Waals surface area (Å²) in [6, 6.07) is 17.3. The van der Waals surface area contributed by atoms with Crippen molar-refractivity contribution in [3.05, 3.63) is 63.7 Å². The molecule has 2 aromatic rings. The number of hydrogen-bond acceptors (Lipinski definition) is 1. The Labute approximate surface area is 126 Å². The van der Waals surface area contributed by atoms with Gasteiger partial charge in [0.05, 0.1) is 11.7 Å². The molecular weight excluding hydrogens is 351 g/mol. The first-order valence-corrected chi connectivity index (χ1v) is 7.11. The van der Waals surface area contributed by atoms with E-state index in [4.69, 9.17) is 0 Å². The quantitative estimate of drug-likeness (QED) is 0.787. The van der Waals surface area contributed by atoms with Gasteiger partial charge in [0, 0.05) is 3.57 Å². The molecule has 3 nitrogen and oxygen atoms in total. The Hall–Kier alpha value is -1.56. The van der Waals surface area contributed by atoms with Crippen molar-refractivity contribution in [3.63, 3.8) is 0 Å². The van der Waals surface area contributed by atoms with Crippen LogP contribution in [0.3, 0.4) is 0 Å². The lowest BCUT2D eigenvalue weighted by Gasteiger charge is -2.15. The molecule has 0 radical (unpaired) electrons. The molecule has 2 rings (SSSR count). The van der Waals surface area contributed by atoms with Crippen LogP contribution in [0, 0.1) is 3.57 Å². The summed E-state index contributed by atoms with van der Waals surface area (Å²) < 4.78 is 1.02. The van der Waals surface area contributed by atoms with Crippen molar-refractivity contribution in [2.45, 2.75) is 13.0 Å². The van der Waals surface area contributed by atoms with Gasteiger partial charge in [-0.25, -0.2) is 4.79 Å². The first-order valence-electron chi connectivity index (χ1n) is 6.04. The summed E-state index contributed by atoms with van der Waals surface area (Å²) in [7, 11) is 0. The lowest BCUT2D eigenvalue weighted by Crippen LogP contribution is -2.31. The second kappa shape index (κ2) is 6.56. The zero-order chi connectivity index (χ0) is 13.7.